The molecular weight excluding hydrogens is 284 g/mol. The van der Waals surface area contributed by atoms with E-state index in [0.29, 0.717) is 0 Å². The topological polar surface area (TPSA) is 27.1 Å². The predicted octanol–water partition coefficient (Wildman–Crippen LogP) is 5.27. The Morgan fingerprint density at radius 1 is 1.24 bits per heavy atom. The molecule has 1 aromatic carbocycles. The number of ether oxygens (including phenoxy) is 1. The Kier molecular flexibility index (Phi) is 4.82. The third-order valence-electron chi connectivity index (χ3n) is 4.69. The number of fused-ring (bicyclic) bond motifs is 1. The first kappa shape index (κ1) is 16.2. The second-order valence-corrected chi connectivity index (χ2v) is 6.22. The summed E-state index contributed by atoms with van der Waals surface area (Å²) >= 11 is 6.42. The minimum Gasteiger partial charge on any atom is -0.497 e. The molecule has 0 aliphatic rings. The molecule has 2 aromatic rings. The van der Waals surface area contributed by atoms with Crippen molar-refractivity contribution in [2.45, 2.75) is 57.9 Å². The van der Waals surface area contributed by atoms with Gasteiger partial charge < -0.3 is 9.30 Å². The number of nitrogens with zero attached hydrogens (tertiary/aromatic N) is 2. The molecule has 1 unspecified atom stereocenters. The van der Waals surface area contributed by atoms with E-state index in [1.165, 1.54) is 0 Å². The highest BCUT2D eigenvalue weighted by Crippen LogP contribution is 2.38. The molecule has 21 heavy (non-hydrogen) atoms. The molecule has 0 N–H and O–H groups in total. The highest BCUT2D eigenvalue weighted by molar-refractivity contribution is 6.20. The van der Waals surface area contributed by atoms with Gasteiger partial charge >= 0.3 is 0 Å². The summed E-state index contributed by atoms with van der Waals surface area (Å²) in [5.74, 6) is 1.81. The lowest BCUT2D eigenvalue weighted by Crippen LogP contribution is -2.33. The highest BCUT2D eigenvalue weighted by atomic mass is 35.5. The maximum atomic E-state index is 6.42. The maximum absolute atomic E-state index is 6.42. The average molecular weight is 309 g/mol. The summed E-state index contributed by atoms with van der Waals surface area (Å²) in [6.07, 6.45) is 3.16. The quantitative estimate of drug-likeness (QED) is 0.680. The van der Waals surface area contributed by atoms with E-state index >= 15 is 0 Å². The van der Waals surface area contributed by atoms with Crippen LogP contribution in [-0.4, -0.2) is 16.7 Å². The van der Waals surface area contributed by atoms with Crippen LogP contribution < -0.4 is 4.74 Å². The zero-order valence-electron chi connectivity index (χ0n) is 13.6. The molecule has 116 valence electrons. The number of methoxy groups -OCH3 is 1. The van der Waals surface area contributed by atoms with E-state index in [2.05, 4.69) is 31.4 Å². The molecule has 0 amide bonds. The van der Waals surface area contributed by atoms with Crippen molar-refractivity contribution < 1.29 is 4.74 Å². The molecule has 0 spiro atoms. The van der Waals surface area contributed by atoms with Crippen LogP contribution >= 0.6 is 11.6 Å². The lowest BCUT2D eigenvalue weighted by molar-refractivity contribution is 0.250. The van der Waals surface area contributed by atoms with Crippen molar-refractivity contribution in [1.82, 2.24) is 9.55 Å². The Hall–Kier alpha value is -1.22. The number of rotatable bonds is 6. The van der Waals surface area contributed by atoms with Crippen molar-refractivity contribution >= 4 is 22.6 Å². The Labute approximate surface area is 132 Å². The lowest BCUT2D eigenvalue weighted by atomic mass is 9.89. The molecule has 0 aliphatic carbocycles. The Balaban J connectivity index is 2.81. The first-order valence-electron chi connectivity index (χ1n) is 7.73. The van der Waals surface area contributed by atoms with Gasteiger partial charge in [0, 0.05) is 11.6 Å². The second-order valence-electron chi connectivity index (χ2n) is 5.56. The third-order valence-corrected chi connectivity index (χ3v) is 4.89. The monoisotopic (exact) mass is 308 g/mol. The summed E-state index contributed by atoms with van der Waals surface area (Å²) in [4.78, 5) is 4.77. The molecule has 2 rings (SSSR count). The number of aromatic nitrogens is 2. The van der Waals surface area contributed by atoms with Gasteiger partial charge in [-0.1, -0.05) is 20.8 Å². The van der Waals surface area contributed by atoms with Crippen LogP contribution in [0.2, 0.25) is 0 Å². The molecular formula is C17H25ClN2O. The van der Waals surface area contributed by atoms with Crippen LogP contribution in [0.3, 0.4) is 0 Å². The molecule has 0 aliphatic heterocycles. The summed E-state index contributed by atoms with van der Waals surface area (Å²) in [6, 6.07) is 6.04. The fourth-order valence-electron chi connectivity index (χ4n) is 3.19. The van der Waals surface area contributed by atoms with Gasteiger partial charge in [-0.3, -0.25) is 0 Å². The van der Waals surface area contributed by atoms with Gasteiger partial charge in [0.2, 0.25) is 0 Å². The van der Waals surface area contributed by atoms with Crippen molar-refractivity contribution in [1.29, 1.82) is 0 Å². The maximum Gasteiger partial charge on any atom is 0.128 e. The molecule has 0 fully saturated rings. The average Bonchev–Trinajstić information content (AvgIpc) is 2.89. The van der Waals surface area contributed by atoms with Gasteiger partial charge in [-0.25, -0.2) is 4.98 Å². The summed E-state index contributed by atoms with van der Waals surface area (Å²) in [7, 11) is 1.69. The molecule has 1 heterocycles. The Morgan fingerprint density at radius 3 is 2.33 bits per heavy atom. The van der Waals surface area contributed by atoms with Gasteiger partial charge in [0.1, 0.15) is 11.6 Å². The van der Waals surface area contributed by atoms with Crippen molar-refractivity contribution in [2.75, 3.05) is 7.11 Å². The zero-order valence-corrected chi connectivity index (χ0v) is 14.4. The van der Waals surface area contributed by atoms with Crippen LogP contribution in [0.4, 0.5) is 0 Å². The highest BCUT2D eigenvalue weighted by Gasteiger charge is 2.31. The van der Waals surface area contributed by atoms with Crippen LogP contribution in [0.15, 0.2) is 18.2 Å². The minimum absolute atomic E-state index is 0.0552. The molecule has 0 saturated carbocycles. The molecule has 1 aromatic heterocycles. The van der Waals surface area contributed by atoms with Crippen LogP contribution in [0.1, 0.15) is 58.2 Å². The SMILES string of the molecule is CCC(CC)(CC)n1c(C(C)Cl)nc2ccc(OC)cc21. The number of alkyl halides is 1. The molecule has 3 nitrogen and oxygen atoms in total. The number of benzene rings is 1. The number of imidazole rings is 1. The van der Waals surface area contributed by atoms with E-state index in [4.69, 9.17) is 21.3 Å². The van der Waals surface area contributed by atoms with Crippen molar-refractivity contribution in [3.63, 3.8) is 0 Å². The number of hydrogen-bond donors (Lipinski definition) is 0. The summed E-state index contributed by atoms with van der Waals surface area (Å²) < 4.78 is 7.74. The number of halogens is 1. The van der Waals surface area contributed by atoms with Crippen LogP contribution in [0.5, 0.6) is 5.75 Å². The van der Waals surface area contributed by atoms with Gasteiger partial charge in [0.25, 0.3) is 0 Å². The Morgan fingerprint density at radius 2 is 1.86 bits per heavy atom. The van der Waals surface area contributed by atoms with Gasteiger partial charge in [-0.2, -0.15) is 0 Å². The van der Waals surface area contributed by atoms with Crippen LogP contribution in [-0.2, 0) is 5.54 Å². The van der Waals surface area contributed by atoms with E-state index < -0.39 is 0 Å². The van der Waals surface area contributed by atoms with Crippen LogP contribution in [0.25, 0.3) is 11.0 Å². The largest absolute Gasteiger partial charge is 0.497 e. The van der Waals surface area contributed by atoms with E-state index in [9.17, 15) is 0 Å². The smallest absolute Gasteiger partial charge is 0.128 e. The van der Waals surface area contributed by atoms with Gasteiger partial charge in [0.05, 0.1) is 23.5 Å². The molecule has 0 radical (unpaired) electrons. The number of hydrogen-bond acceptors (Lipinski definition) is 2. The first-order chi connectivity index (χ1) is 10.0. The second kappa shape index (κ2) is 6.27. The van der Waals surface area contributed by atoms with E-state index in [0.717, 1.165) is 41.9 Å². The predicted molar refractivity (Wildman–Crippen MR) is 89.4 cm³/mol. The van der Waals surface area contributed by atoms with Crippen molar-refractivity contribution in [3.8, 4) is 5.75 Å². The molecule has 1 atom stereocenters. The van der Waals surface area contributed by atoms with Crippen molar-refractivity contribution in [3.05, 3.63) is 24.0 Å². The van der Waals surface area contributed by atoms with E-state index in [1.807, 2.05) is 19.1 Å². The van der Waals surface area contributed by atoms with Crippen molar-refractivity contribution in [2.24, 2.45) is 0 Å². The summed E-state index contributed by atoms with van der Waals surface area (Å²) in [5, 5.41) is -0.118. The Bertz CT molecular complexity index is 606. The standard InChI is InChI=1S/C17H25ClN2O/c1-6-17(7-2,8-3)20-15-11-13(21-5)9-10-14(15)19-16(20)12(4)18/h9-12H,6-8H2,1-5H3. The van der Waals surface area contributed by atoms with E-state index in [-0.39, 0.29) is 10.9 Å². The zero-order chi connectivity index (χ0) is 15.6. The van der Waals surface area contributed by atoms with Gasteiger partial charge in [0.15, 0.2) is 0 Å². The van der Waals surface area contributed by atoms with Gasteiger partial charge in [-0.15, -0.1) is 11.6 Å². The molecule has 0 bridgehead atoms. The lowest BCUT2D eigenvalue weighted by Gasteiger charge is -2.35. The fraction of sp³-hybridized carbons (Fsp3) is 0.588. The van der Waals surface area contributed by atoms with Gasteiger partial charge in [-0.05, 0) is 38.3 Å². The molecule has 4 heteroatoms. The van der Waals surface area contributed by atoms with Crippen LogP contribution in [0, 0.1) is 0 Å². The fourth-order valence-corrected chi connectivity index (χ4v) is 3.34. The normalized spacial score (nSPS) is 13.6. The minimum atomic E-state index is -0.118. The molecule has 0 saturated heterocycles. The summed E-state index contributed by atoms with van der Waals surface area (Å²) in [6.45, 7) is 8.70. The van der Waals surface area contributed by atoms with E-state index in [1.54, 1.807) is 7.11 Å². The first-order valence-corrected chi connectivity index (χ1v) is 8.17. The third kappa shape index (κ3) is 2.64. The summed E-state index contributed by atoms with van der Waals surface area (Å²) in [5.41, 5.74) is 2.15.